The van der Waals surface area contributed by atoms with Crippen molar-refractivity contribution < 1.29 is 22.7 Å². The van der Waals surface area contributed by atoms with Gasteiger partial charge in [-0.05, 0) is 6.07 Å². The SMILES string of the molecule is O=CN[C@@H]1C[C@@H](F)CN1c1cccc(OC(F)F)n1. The first-order valence-electron chi connectivity index (χ1n) is 5.62. The van der Waals surface area contributed by atoms with Gasteiger partial charge in [0.15, 0.2) is 0 Å². The lowest BCUT2D eigenvalue weighted by Gasteiger charge is -2.24. The summed E-state index contributed by atoms with van der Waals surface area (Å²) < 4.78 is 41.7. The highest BCUT2D eigenvalue weighted by atomic mass is 19.3. The summed E-state index contributed by atoms with van der Waals surface area (Å²) in [7, 11) is 0. The van der Waals surface area contributed by atoms with E-state index in [1.54, 1.807) is 0 Å². The van der Waals surface area contributed by atoms with Crippen LogP contribution in [-0.4, -0.2) is 36.9 Å². The highest BCUT2D eigenvalue weighted by Crippen LogP contribution is 2.26. The predicted octanol–water partition coefficient (Wildman–Crippen LogP) is 1.30. The summed E-state index contributed by atoms with van der Waals surface area (Å²) in [5.41, 5.74) is 0. The average Bonchev–Trinajstić information content (AvgIpc) is 2.70. The van der Waals surface area contributed by atoms with Gasteiger partial charge in [0, 0.05) is 12.5 Å². The molecule has 1 amide bonds. The van der Waals surface area contributed by atoms with Crippen molar-refractivity contribution in [3.8, 4) is 5.88 Å². The second kappa shape index (κ2) is 5.77. The molecule has 1 aromatic heterocycles. The molecule has 1 aliphatic rings. The molecular weight excluding hydrogens is 263 g/mol. The van der Waals surface area contributed by atoms with Crippen molar-refractivity contribution in [2.24, 2.45) is 0 Å². The standard InChI is InChI=1S/C11H12F3N3O2/c12-7-4-9(15-6-18)17(5-7)8-2-1-3-10(16-8)19-11(13)14/h1-3,6-7,9,11H,4-5H2,(H,15,18)/t7-,9+/m1/s1. The van der Waals surface area contributed by atoms with Crippen LogP contribution in [0.15, 0.2) is 18.2 Å². The van der Waals surface area contributed by atoms with E-state index >= 15 is 0 Å². The van der Waals surface area contributed by atoms with Gasteiger partial charge in [-0.1, -0.05) is 6.07 Å². The highest BCUT2D eigenvalue weighted by molar-refractivity contribution is 5.51. The molecule has 2 rings (SSSR count). The van der Waals surface area contributed by atoms with Gasteiger partial charge in [-0.3, -0.25) is 4.79 Å². The molecule has 1 saturated heterocycles. The van der Waals surface area contributed by atoms with Crippen LogP contribution in [0.4, 0.5) is 19.0 Å². The number of amides is 1. The largest absolute Gasteiger partial charge is 0.417 e. The molecule has 0 spiro atoms. The molecule has 1 fully saturated rings. The topological polar surface area (TPSA) is 54.5 Å². The minimum Gasteiger partial charge on any atom is -0.417 e. The van der Waals surface area contributed by atoms with E-state index in [1.165, 1.54) is 23.1 Å². The van der Waals surface area contributed by atoms with Crippen molar-refractivity contribution >= 4 is 12.2 Å². The number of alkyl halides is 3. The second-order valence-electron chi connectivity index (χ2n) is 4.00. The van der Waals surface area contributed by atoms with Crippen LogP contribution in [0.5, 0.6) is 5.88 Å². The number of ether oxygens (including phenoxy) is 1. The average molecular weight is 275 g/mol. The van der Waals surface area contributed by atoms with Gasteiger partial charge in [0.2, 0.25) is 12.3 Å². The van der Waals surface area contributed by atoms with E-state index in [0.717, 1.165) is 0 Å². The normalized spacial score (nSPS) is 22.6. The number of carbonyl (C=O) groups excluding carboxylic acids is 1. The minimum absolute atomic E-state index is 0.0383. The molecule has 2 heterocycles. The van der Waals surface area contributed by atoms with Gasteiger partial charge in [-0.2, -0.15) is 13.8 Å². The molecule has 1 aliphatic heterocycles. The fourth-order valence-electron chi connectivity index (χ4n) is 2.00. The Hall–Kier alpha value is -1.99. The molecule has 104 valence electrons. The Kier molecular flexibility index (Phi) is 4.08. The Morgan fingerprint density at radius 2 is 2.32 bits per heavy atom. The maximum absolute atomic E-state index is 13.4. The molecule has 1 N–H and O–H groups in total. The number of pyridine rings is 1. The van der Waals surface area contributed by atoms with E-state index in [1.807, 2.05) is 0 Å². The van der Waals surface area contributed by atoms with Gasteiger partial charge in [0.1, 0.15) is 18.2 Å². The van der Waals surface area contributed by atoms with Crippen LogP contribution in [0.3, 0.4) is 0 Å². The molecule has 5 nitrogen and oxygen atoms in total. The molecule has 0 aliphatic carbocycles. The van der Waals surface area contributed by atoms with E-state index in [0.29, 0.717) is 6.41 Å². The molecule has 0 bridgehead atoms. The lowest BCUT2D eigenvalue weighted by molar-refractivity contribution is -0.110. The number of anilines is 1. The molecule has 19 heavy (non-hydrogen) atoms. The van der Waals surface area contributed by atoms with Crippen LogP contribution in [0.25, 0.3) is 0 Å². The van der Waals surface area contributed by atoms with Gasteiger partial charge in [0.05, 0.1) is 6.54 Å². The number of rotatable bonds is 5. The Balaban J connectivity index is 2.17. The van der Waals surface area contributed by atoms with Crippen molar-refractivity contribution in [3.05, 3.63) is 18.2 Å². The summed E-state index contributed by atoms with van der Waals surface area (Å²) in [5.74, 6) is 0.0253. The van der Waals surface area contributed by atoms with E-state index < -0.39 is 18.9 Å². The second-order valence-corrected chi connectivity index (χ2v) is 4.00. The summed E-state index contributed by atoms with van der Waals surface area (Å²) in [6.45, 7) is -2.93. The van der Waals surface area contributed by atoms with Crippen molar-refractivity contribution in [2.45, 2.75) is 25.4 Å². The maximum Gasteiger partial charge on any atom is 0.388 e. The molecule has 0 unspecified atom stereocenters. The van der Waals surface area contributed by atoms with Gasteiger partial charge in [-0.15, -0.1) is 0 Å². The number of nitrogens with one attached hydrogen (secondary N) is 1. The van der Waals surface area contributed by atoms with Crippen LogP contribution in [0, 0.1) is 0 Å². The third-order valence-corrected chi connectivity index (χ3v) is 2.72. The first kappa shape index (κ1) is 13.4. The molecular formula is C11H12F3N3O2. The number of aromatic nitrogens is 1. The van der Waals surface area contributed by atoms with Crippen molar-refractivity contribution in [1.29, 1.82) is 0 Å². The van der Waals surface area contributed by atoms with E-state index in [2.05, 4.69) is 15.0 Å². The van der Waals surface area contributed by atoms with Crippen LogP contribution < -0.4 is 15.0 Å². The summed E-state index contributed by atoms with van der Waals surface area (Å²) in [4.78, 5) is 15.8. The predicted molar refractivity (Wildman–Crippen MR) is 60.7 cm³/mol. The summed E-state index contributed by atoms with van der Waals surface area (Å²) in [6.07, 6.45) is -1.06. The van der Waals surface area contributed by atoms with Crippen molar-refractivity contribution in [1.82, 2.24) is 10.3 Å². The van der Waals surface area contributed by atoms with Crippen LogP contribution in [0.1, 0.15) is 6.42 Å². The molecule has 0 aromatic carbocycles. The monoisotopic (exact) mass is 275 g/mol. The lowest BCUT2D eigenvalue weighted by Crippen LogP contribution is -2.41. The van der Waals surface area contributed by atoms with Crippen LogP contribution >= 0.6 is 0 Å². The summed E-state index contributed by atoms with van der Waals surface area (Å²) in [5, 5.41) is 2.46. The summed E-state index contributed by atoms with van der Waals surface area (Å²) >= 11 is 0. The molecule has 1 aromatic rings. The van der Waals surface area contributed by atoms with Gasteiger partial charge in [0.25, 0.3) is 0 Å². The zero-order valence-electron chi connectivity index (χ0n) is 9.80. The Morgan fingerprint density at radius 1 is 1.53 bits per heavy atom. The fraction of sp³-hybridized carbons (Fsp3) is 0.455. The van der Waals surface area contributed by atoms with E-state index in [9.17, 15) is 18.0 Å². The van der Waals surface area contributed by atoms with E-state index in [4.69, 9.17) is 0 Å². The molecule has 0 radical (unpaired) electrons. The number of halogens is 3. The quantitative estimate of drug-likeness (QED) is 0.823. The smallest absolute Gasteiger partial charge is 0.388 e. The molecule has 0 saturated carbocycles. The summed E-state index contributed by atoms with van der Waals surface area (Å²) in [6, 6.07) is 4.29. The number of nitrogens with zero attached hydrogens (tertiary/aromatic N) is 2. The maximum atomic E-state index is 13.4. The highest BCUT2D eigenvalue weighted by Gasteiger charge is 2.32. The van der Waals surface area contributed by atoms with Crippen LogP contribution in [0.2, 0.25) is 0 Å². The zero-order valence-corrected chi connectivity index (χ0v) is 9.80. The Morgan fingerprint density at radius 3 is 3.00 bits per heavy atom. The first-order chi connectivity index (χ1) is 9.10. The number of carbonyl (C=O) groups is 1. The van der Waals surface area contributed by atoms with Gasteiger partial charge in [-0.25, -0.2) is 4.39 Å². The first-order valence-corrected chi connectivity index (χ1v) is 5.62. The molecule has 2 atom stereocenters. The van der Waals surface area contributed by atoms with E-state index in [-0.39, 0.29) is 24.7 Å². The fourth-order valence-corrected chi connectivity index (χ4v) is 2.00. The van der Waals surface area contributed by atoms with Gasteiger partial charge >= 0.3 is 6.61 Å². The third kappa shape index (κ3) is 3.27. The number of hydrogen-bond acceptors (Lipinski definition) is 4. The number of hydrogen-bond donors (Lipinski definition) is 1. The Bertz CT molecular complexity index is 447. The molecule has 8 heteroatoms. The zero-order chi connectivity index (χ0) is 13.8. The minimum atomic E-state index is -2.97. The van der Waals surface area contributed by atoms with Crippen molar-refractivity contribution in [2.75, 3.05) is 11.4 Å². The lowest BCUT2D eigenvalue weighted by atomic mass is 10.3. The third-order valence-electron chi connectivity index (χ3n) is 2.72. The van der Waals surface area contributed by atoms with Gasteiger partial charge < -0.3 is 15.0 Å². The van der Waals surface area contributed by atoms with Crippen molar-refractivity contribution in [3.63, 3.8) is 0 Å². The van der Waals surface area contributed by atoms with Crippen LogP contribution in [-0.2, 0) is 4.79 Å². The Labute approximate surface area is 107 Å².